The van der Waals surface area contributed by atoms with Gasteiger partial charge in [0.05, 0.1) is 17.4 Å². The van der Waals surface area contributed by atoms with E-state index in [0.717, 1.165) is 17.8 Å². The third kappa shape index (κ3) is 6.64. The number of hydrogen-bond acceptors (Lipinski definition) is 2. The maximum absolute atomic E-state index is 4.90. The van der Waals surface area contributed by atoms with Crippen LogP contribution in [0.25, 0.3) is 38.6 Å². The normalized spacial score (nSPS) is 10.7. The third-order valence-electron chi connectivity index (χ3n) is 5.99. The van der Waals surface area contributed by atoms with Crippen LogP contribution in [0.4, 0.5) is 0 Å². The number of imidazole rings is 1. The molecule has 5 rings (SSSR count). The molecule has 0 saturated carbocycles. The quantitative estimate of drug-likeness (QED) is 0.141. The van der Waals surface area contributed by atoms with E-state index in [-0.39, 0.29) is 5.41 Å². The lowest BCUT2D eigenvalue weighted by Gasteiger charge is -2.19. The highest BCUT2D eigenvalue weighted by Crippen LogP contribution is 2.36. The summed E-state index contributed by atoms with van der Waals surface area (Å²) in [5.41, 5.74) is 8.89. The zero-order chi connectivity index (χ0) is 27.8. The molecule has 0 radical (unpaired) electrons. The van der Waals surface area contributed by atoms with Crippen LogP contribution in [0.1, 0.15) is 58.2 Å². The van der Waals surface area contributed by atoms with Crippen LogP contribution >= 0.6 is 12.6 Å². The minimum atomic E-state index is 0.256. The lowest BCUT2D eigenvalue weighted by molar-refractivity contribution is 0.411. The molecule has 0 fully saturated rings. The summed E-state index contributed by atoms with van der Waals surface area (Å²) in [6.07, 6.45) is 3.10. The minimum Gasteiger partial charge on any atom is -0.292 e. The summed E-state index contributed by atoms with van der Waals surface area (Å²) < 4.78 is 2.36. The zero-order valence-corrected chi connectivity index (χ0v) is 24.9. The van der Waals surface area contributed by atoms with E-state index in [1.165, 1.54) is 49.6 Å². The summed E-state index contributed by atoms with van der Waals surface area (Å²) >= 11 is 3.79. The van der Waals surface area contributed by atoms with E-state index in [4.69, 9.17) is 4.98 Å². The van der Waals surface area contributed by atoms with Gasteiger partial charge in [0.15, 0.2) is 0 Å². The number of benzene rings is 3. The molecule has 0 saturated heterocycles. The number of hydrogen-bond donors (Lipinski definition) is 1. The summed E-state index contributed by atoms with van der Waals surface area (Å²) in [6, 6.07) is 22.1. The van der Waals surface area contributed by atoms with Crippen LogP contribution in [0, 0.1) is 19.3 Å². The van der Waals surface area contributed by atoms with Crippen molar-refractivity contribution in [1.82, 2.24) is 9.38 Å². The molecule has 0 amide bonds. The number of pyridine rings is 1. The highest BCUT2D eigenvalue weighted by Gasteiger charge is 2.18. The first kappa shape index (κ1) is 30.2. The molecule has 0 atom stereocenters. The van der Waals surface area contributed by atoms with Gasteiger partial charge in [-0.15, -0.1) is 13.2 Å². The van der Waals surface area contributed by atoms with Crippen molar-refractivity contribution in [1.29, 1.82) is 0 Å². The van der Waals surface area contributed by atoms with Gasteiger partial charge in [0.25, 0.3) is 0 Å². The van der Waals surface area contributed by atoms with Crippen molar-refractivity contribution in [2.24, 2.45) is 5.41 Å². The van der Waals surface area contributed by atoms with Gasteiger partial charge >= 0.3 is 0 Å². The molecular formula is C34H44N2S. The summed E-state index contributed by atoms with van der Waals surface area (Å²) in [5.74, 6) is 0.944. The second kappa shape index (κ2) is 13.5. The fourth-order valence-electron chi connectivity index (χ4n) is 4.81. The highest BCUT2D eigenvalue weighted by molar-refractivity contribution is 7.80. The number of nitrogens with zero attached hydrogens (tertiary/aromatic N) is 2. The Morgan fingerprint density at radius 3 is 1.97 bits per heavy atom. The summed E-state index contributed by atoms with van der Waals surface area (Å²) in [6.45, 7) is 23.3. The van der Waals surface area contributed by atoms with Gasteiger partial charge in [-0.05, 0) is 65.6 Å². The van der Waals surface area contributed by atoms with E-state index in [2.05, 4.69) is 125 Å². The van der Waals surface area contributed by atoms with E-state index in [1.54, 1.807) is 0 Å². The van der Waals surface area contributed by atoms with E-state index >= 15 is 0 Å². The number of aryl methyl sites for hydroxylation is 2. The molecule has 3 aromatic carbocycles. The van der Waals surface area contributed by atoms with E-state index < -0.39 is 0 Å². The van der Waals surface area contributed by atoms with Crippen LogP contribution in [-0.2, 0) is 6.42 Å². The van der Waals surface area contributed by atoms with Gasteiger partial charge in [-0.1, -0.05) is 90.1 Å². The summed E-state index contributed by atoms with van der Waals surface area (Å²) in [7, 11) is 0. The van der Waals surface area contributed by atoms with Crippen LogP contribution in [0.3, 0.4) is 0 Å². The van der Waals surface area contributed by atoms with Gasteiger partial charge in [-0.3, -0.25) is 4.40 Å². The summed E-state index contributed by atoms with van der Waals surface area (Å²) in [5, 5.41) is 3.77. The molecule has 0 spiro atoms. The van der Waals surface area contributed by atoms with Crippen molar-refractivity contribution >= 4 is 40.0 Å². The van der Waals surface area contributed by atoms with Crippen LogP contribution in [0.2, 0.25) is 0 Å². The Morgan fingerprint density at radius 2 is 1.41 bits per heavy atom. The Bertz CT molecular complexity index is 1430. The topological polar surface area (TPSA) is 17.3 Å². The molecule has 2 heterocycles. The second-order valence-corrected chi connectivity index (χ2v) is 10.7. The number of aromatic nitrogens is 2. The lowest BCUT2D eigenvalue weighted by atomic mass is 9.87. The van der Waals surface area contributed by atoms with Crippen molar-refractivity contribution in [3.63, 3.8) is 0 Å². The predicted octanol–water partition coefficient (Wildman–Crippen LogP) is 10.3. The minimum absolute atomic E-state index is 0.256. The molecule has 0 aliphatic rings. The lowest BCUT2D eigenvalue weighted by Crippen LogP contribution is -2.09. The van der Waals surface area contributed by atoms with Crippen molar-refractivity contribution in [3.05, 3.63) is 96.7 Å². The largest absolute Gasteiger partial charge is 0.292 e. The molecule has 37 heavy (non-hydrogen) atoms. The van der Waals surface area contributed by atoms with Gasteiger partial charge in [0, 0.05) is 16.3 Å². The maximum atomic E-state index is 4.90. The molecule has 0 unspecified atom stereocenters. The van der Waals surface area contributed by atoms with Crippen LogP contribution < -0.4 is 0 Å². The number of rotatable bonds is 2. The first-order valence-corrected chi connectivity index (χ1v) is 13.9. The molecule has 2 nitrogen and oxygen atoms in total. The van der Waals surface area contributed by atoms with Gasteiger partial charge < -0.3 is 0 Å². The Morgan fingerprint density at radius 1 is 0.838 bits per heavy atom. The molecule has 0 N–H and O–H groups in total. The van der Waals surface area contributed by atoms with Crippen molar-refractivity contribution < 1.29 is 0 Å². The number of fused-ring (bicyclic) bond motifs is 6. The fraction of sp³-hybridized carbons (Fsp3) is 0.324. The van der Waals surface area contributed by atoms with Crippen molar-refractivity contribution in [2.75, 3.05) is 5.75 Å². The van der Waals surface area contributed by atoms with Crippen LogP contribution in [0.5, 0.6) is 0 Å². The molecule has 0 bridgehead atoms. The molecule has 3 heteroatoms. The smallest absolute Gasteiger partial charge is 0.145 e. The van der Waals surface area contributed by atoms with Crippen molar-refractivity contribution in [2.45, 2.75) is 61.8 Å². The molecular weight excluding hydrogens is 468 g/mol. The average Bonchev–Trinajstić information content (AvgIpc) is 3.31. The van der Waals surface area contributed by atoms with Crippen molar-refractivity contribution in [3.8, 4) is 11.3 Å². The van der Waals surface area contributed by atoms with E-state index in [1.807, 2.05) is 27.0 Å². The van der Waals surface area contributed by atoms with Gasteiger partial charge in [-0.25, -0.2) is 4.98 Å². The zero-order valence-electron chi connectivity index (χ0n) is 24.0. The monoisotopic (exact) mass is 512 g/mol. The second-order valence-electron chi connectivity index (χ2n) is 10.0. The van der Waals surface area contributed by atoms with Crippen LogP contribution in [0.15, 0.2) is 80.0 Å². The highest BCUT2D eigenvalue weighted by atomic mass is 32.1. The maximum Gasteiger partial charge on any atom is 0.145 e. The Kier molecular flexibility index (Phi) is 11.0. The molecule has 0 aliphatic carbocycles. The third-order valence-corrected chi connectivity index (χ3v) is 5.99. The first-order valence-electron chi connectivity index (χ1n) is 13.2. The van der Waals surface area contributed by atoms with Crippen LogP contribution in [-0.4, -0.2) is 15.1 Å². The molecule has 0 aliphatic heterocycles. The number of thiol groups is 1. The Hall–Kier alpha value is -3.04. The molecule has 5 aromatic rings. The van der Waals surface area contributed by atoms with Gasteiger partial charge in [0.1, 0.15) is 5.65 Å². The standard InChI is InChI=1S/C28H28N2.C2H6S.C2H6.C2H4/c1-18-9-8-10-19(2)26(18)25-17-29-27-22-12-7-6-11-21(22)23-15-20(16-28(3,4)5)13-14-24(23)30(25)27;1-2-3;2*1-2/h6-15,17H,16H2,1-5H3;3H,2H2,1H3;1-2H3;1-2H2. The average molecular weight is 513 g/mol. The Balaban J connectivity index is 0.000000630. The predicted molar refractivity (Wildman–Crippen MR) is 170 cm³/mol. The SMILES string of the molecule is C=C.CC.CCS.Cc1cccc(C)c1-c1cnc2c3ccccc3c3cc(CC(C)(C)C)ccc3n12. The van der Waals surface area contributed by atoms with E-state index in [9.17, 15) is 0 Å². The molecule has 196 valence electrons. The van der Waals surface area contributed by atoms with Gasteiger partial charge in [-0.2, -0.15) is 12.6 Å². The van der Waals surface area contributed by atoms with E-state index in [0.29, 0.717) is 0 Å². The summed E-state index contributed by atoms with van der Waals surface area (Å²) in [4.78, 5) is 4.90. The van der Waals surface area contributed by atoms with Gasteiger partial charge in [0.2, 0.25) is 0 Å². The first-order chi connectivity index (χ1) is 17.7. The fourth-order valence-corrected chi connectivity index (χ4v) is 4.81. The Labute approximate surface area is 229 Å². The molecule has 2 aromatic heterocycles.